The Labute approximate surface area is 200 Å². The van der Waals surface area contributed by atoms with E-state index in [2.05, 4.69) is 9.88 Å². The number of rotatable bonds is 10. The minimum absolute atomic E-state index is 0.170. The lowest BCUT2D eigenvalue weighted by atomic mass is 10.0. The molecule has 0 fully saturated rings. The van der Waals surface area contributed by atoms with E-state index in [0.717, 1.165) is 22.5 Å². The van der Waals surface area contributed by atoms with Gasteiger partial charge in [-0.25, -0.2) is 4.79 Å². The van der Waals surface area contributed by atoms with Crippen molar-refractivity contribution >= 4 is 17.7 Å². The van der Waals surface area contributed by atoms with E-state index in [0.29, 0.717) is 12.1 Å². The molecule has 0 saturated heterocycles. The second-order valence-corrected chi connectivity index (χ2v) is 8.84. The lowest BCUT2D eigenvalue weighted by Crippen LogP contribution is -2.46. The van der Waals surface area contributed by atoms with Crippen molar-refractivity contribution in [2.75, 3.05) is 6.61 Å². The van der Waals surface area contributed by atoms with E-state index in [1.165, 1.54) is 0 Å². The molecule has 0 aliphatic rings. The lowest BCUT2D eigenvalue weighted by Gasteiger charge is -2.20. The van der Waals surface area contributed by atoms with Crippen LogP contribution in [0.4, 0.5) is 0 Å². The van der Waals surface area contributed by atoms with Gasteiger partial charge in [0.25, 0.3) is 0 Å². The zero-order valence-corrected chi connectivity index (χ0v) is 20.2. The van der Waals surface area contributed by atoms with Gasteiger partial charge in [0.1, 0.15) is 6.04 Å². The van der Waals surface area contributed by atoms with Crippen molar-refractivity contribution in [1.82, 2.24) is 9.88 Å². The zero-order valence-electron chi connectivity index (χ0n) is 20.2. The van der Waals surface area contributed by atoms with Crippen molar-refractivity contribution in [3.8, 4) is 0 Å². The topological polar surface area (TPSA) is 77.4 Å². The number of benzene rings is 2. The number of ether oxygens (including phenoxy) is 1. The van der Waals surface area contributed by atoms with E-state index >= 15 is 0 Å². The van der Waals surface area contributed by atoms with Crippen molar-refractivity contribution in [2.45, 2.75) is 46.7 Å². The van der Waals surface area contributed by atoms with Crippen LogP contribution in [-0.4, -0.2) is 34.9 Å². The predicted octanol–water partition coefficient (Wildman–Crippen LogP) is 4.26. The number of esters is 1. The van der Waals surface area contributed by atoms with Crippen LogP contribution in [0.25, 0.3) is 0 Å². The number of carbonyl (C=O) groups is 3. The number of amides is 1. The Morgan fingerprint density at radius 2 is 1.50 bits per heavy atom. The molecule has 1 amide bonds. The van der Waals surface area contributed by atoms with Gasteiger partial charge in [0.05, 0.1) is 6.42 Å². The Bertz CT molecular complexity index is 1130. The summed E-state index contributed by atoms with van der Waals surface area (Å²) >= 11 is 0. The van der Waals surface area contributed by atoms with Gasteiger partial charge in [0.2, 0.25) is 11.7 Å². The predicted molar refractivity (Wildman–Crippen MR) is 132 cm³/mol. The molecule has 0 bridgehead atoms. The third-order valence-electron chi connectivity index (χ3n) is 5.85. The highest BCUT2D eigenvalue weighted by atomic mass is 16.5. The zero-order chi connectivity index (χ0) is 24.7. The van der Waals surface area contributed by atoms with Gasteiger partial charge >= 0.3 is 5.97 Å². The van der Waals surface area contributed by atoms with Crippen LogP contribution < -0.4 is 5.32 Å². The van der Waals surface area contributed by atoms with Gasteiger partial charge in [0, 0.05) is 23.5 Å². The van der Waals surface area contributed by atoms with Crippen molar-refractivity contribution < 1.29 is 19.1 Å². The van der Waals surface area contributed by atoms with Crippen LogP contribution in [0, 0.1) is 19.8 Å². The maximum absolute atomic E-state index is 12.9. The molecule has 34 heavy (non-hydrogen) atoms. The number of nitrogens with one attached hydrogen (secondary N) is 1. The highest BCUT2D eigenvalue weighted by molar-refractivity contribution is 5.99. The van der Waals surface area contributed by atoms with E-state index < -0.39 is 12.0 Å². The van der Waals surface area contributed by atoms with Gasteiger partial charge < -0.3 is 14.6 Å². The van der Waals surface area contributed by atoms with Gasteiger partial charge in [-0.15, -0.1) is 0 Å². The smallest absolute Gasteiger partial charge is 0.329 e. The van der Waals surface area contributed by atoms with Gasteiger partial charge in [-0.2, -0.15) is 0 Å². The Morgan fingerprint density at radius 3 is 2.09 bits per heavy atom. The first-order valence-corrected chi connectivity index (χ1v) is 11.5. The molecule has 3 rings (SSSR count). The van der Waals surface area contributed by atoms with Crippen molar-refractivity contribution in [3.63, 3.8) is 0 Å². The van der Waals surface area contributed by atoms with Gasteiger partial charge in [-0.05, 0) is 37.0 Å². The summed E-state index contributed by atoms with van der Waals surface area (Å²) in [7, 11) is 0. The summed E-state index contributed by atoms with van der Waals surface area (Å²) in [6.45, 7) is 7.80. The van der Waals surface area contributed by atoms with E-state index in [9.17, 15) is 14.4 Å². The Balaban J connectivity index is 1.61. The summed E-state index contributed by atoms with van der Waals surface area (Å²) in [4.78, 5) is 38.0. The fourth-order valence-corrected chi connectivity index (χ4v) is 3.90. The minimum Gasteiger partial charge on any atom is -0.456 e. The molecule has 0 saturated carbocycles. The standard InChI is InChI=1S/C28H32N2O4/c1-19(2)27(29-26(32)16-22-11-7-5-8-12-22)28(33)34-18-25(31)24-15-20(3)30(21(24)4)17-23-13-9-6-10-14-23/h5-15,19,27H,16-18H2,1-4H3,(H,29,32)/t27-/m0/s1. The van der Waals surface area contributed by atoms with Gasteiger partial charge in [-0.1, -0.05) is 74.5 Å². The molecule has 1 atom stereocenters. The summed E-state index contributed by atoms with van der Waals surface area (Å²) in [5.74, 6) is -1.32. The van der Waals surface area contributed by atoms with Crippen LogP contribution in [0.2, 0.25) is 0 Å². The Hall–Kier alpha value is -3.67. The van der Waals surface area contributed by atoms with Crippen LogP contribution in [0.5, 0.6) is 0 Å². The number of aryl methyl sites for hydroxylation is 1. The van der Waals surface area contributed by atoms with Gasteiger partial charge in [-0.3, -0.25) is 9.59 Å². The Kier molecular flexibility index (Phi) is 8.41. The first-order chi connectivity index (χ1) is 16.3. The first kappa shape index (κ1) is 25.0. The number of aromatic nitrogens is 1. The van der Waals surface area contributed by atoms with Crippen LogP contribution in [-0.2, 0) is 27.3 Å². The third-order valence-corrected chi connectivity index (χ3v) is 5.85. The molecule has 0 unspecified atom stereocenters. The molecule has 178 valence electrons. The summed E-state index contributed by atoms with van der Waals surface area (Å²) in [5, 5.41) is 2.75. The van der Waals surface area contributed by atoms with E-state index in [-0.39, 0.29) is 30.6 Å². The lowest BCUT2D eigenvalue weighted by molar-refractivity contribution is -0.148. The van der Waals surface area contributed by atoms with Crippen LogP contribution in [0.1, 0.15) is 46.7 Å². The van der Waals surface area contributed by atoms with Crippen molar-refractivity contribution in [1.29, 1.82) is 0 Å². The molecular formula is C28H32N2O4. The molecule has 1 heterocycles. The largest absolute Gasteiger partial charge is 0.456 e. The summed E-state index contributed by atoms with van der Waals surface area (Å²) in [6, 6.07) is 20.3. The van der Waals surface area contributed by atoms with E-state index in [1.807, 2.05) is 94.4 Å². The van der Waals surface area contributed by atoms with E-state index in [1.54, 1.807) is 0 Å². The minimum atomic E-state index is -0.825. The average molecular weight is 461 g/mol. The summed E-state index contributed by atoms with van der Waals surface area (Å²) < 4.78 is 7.42. The van der Waals surface area contributed by atoms with Crippen LogP contribution in [0.3, 0.4) is 0 Å². The molecule has 3 aromatic rings. The molecule has 0 aliphatic carbocycles. The quantitative estimate of drug-likeness (QED) is 0.362. The fourth-order valence-electron chi connectivity index (χ4n) is 3.90. The van der Waals surface area contributed by atoms with E-state index in [4.69, 9.17) is 4.74 Å². The third kappa shape index (κ3) is 6.44. The summed E-state index contributed by atoms with van der Waals surface area (Å²) in [5.41, 5.74) is 4.33. The summed E-state index contributed by atoms with van der Waals surface area (Å²) in [6.07, 6.45) is 0.170. The van der Waals surface area contributed by atoms with Crippen molar-refractivity contribution in [3.05, 3.63) is 94.8 Å². The molecule has 0 aliphatic heterocycles. The molecule has 2 aromatic carbocycles. The van der Waals surface area contributed by atoms with Crippen molar-refractivity contribution in [2.24, 2.45) is 5.92 Å². The van der Waals surface area contributed by atoms with Crippen LogP contribution in [0.15, 0.2) is 66.7 Å². The number of Topliss-reactive ketones (excluding diaryl/α,β-unsaturated/α-hetero) is 1. The number of carbonyl (C=O) groups excluding carboxylic acids is 3. The Morgan fingerprint density at radius 1 is 0.912 bits per heavy atom. The van der Waals surface area contributed by atoms with Crippen LogP contribution >= 0.6 is 0 Å². The fraction of sp³-hybridized carbons (Fsp3) is 0.321. The molecular weight excluding hydrogens is 428 g/mol. The number of nitrogens with zero attached hydrogens (tertiary/aromatic N) is 1. The average Bonchev–Trinajstić information content (AvgIpc) is 3.10. The first-order valence-electron chi connectivity index (χ1n) is 11.5. The molecule has 6 nitrogen and oxygen atoms in total. The molecule has 1 aromatic heterocycles. The normalized spacial score (nSPS) is 11.8. The second kappa shape index (κ2) is 11.5. The molecule has 0 spiro atoms. The SMILES string of the molecule is Cc1cc(C(=O)COC(=O)[C@@H](NC(=O)Cc2ccccc2)C(C)C)c(C)n1Cc1ccccc1. The second-order valence-electron chi connectivity index (χ2n) is 8.84. The molecule has 6 heteroatoms. The number of hydrogen-bond acceptors (Lipinski definition) is 4. The monoisotopic (exact) mass is 460 g/mol. The maximum atomic E-state index is 12.9. The number of ketones is 1. The molecule has 1 N–H and O–H groups in total. The maximum Gasteiger partial charge on any atom is 0.329 e. The van der Waals surface area contributed by atoms with Gasteiger partial charge in [0.15, 0.2) is 6.61 Å². The highest BCUT2D eigenvalue weighted by Gasteiger charge is 2.27. The molecule has 0 radical (unpaired) electrons. The highest BCUT2D eigenvalue weighted by Crippen LogP contribution is 2.18. The number of hydrogen-bond donors (Lipinski definition) is 1.